The Hall–Kier alpha value is -0.750. The van der Waals surface area contributed by atoms with Crippen LogP contribution in [-0.2, 0) is 4.79 Å². The topological polar surface area (TPSA) is 50.7 Å². The zero-order chi connectivity index (χ0) is 20.3. The number of hydrogen-bond donors (Lipinski definition) is 1. The van der Waals surface area contributed by atoms with Crippen molar-refractivity contribution in [3.63, 3.8) is 0 Å². The highest BCUT2D eigenvalue weighted by Gasteiger charge is 2.24. The summed E-state index contributed by atoms with van der Waals surface area (Å²) in [5.41, 5.74) is 1.41. The van der Waals surface area contributed by atoms with Crippen LogP contribution in [0.15, 0.2) is 52.9 Å². The zero-order valence-electron chi connectivity index (χ0n) is 14.1. The maximum absolute atomic E-state index is 12.3. The minimum Gasteiger partial charge on any atom is -0.487 e. The van der Waals surface area contributed by atoms with E-state index in [1.807, 2.05) is 18.2 Å². The highest BCUT2D eigenvalue weighted by Crippen LogP contribution is 2.35. The molecule has 1 N–H and O–H groups in total. The van der Waals surface area contributed by atoms with Gasteiger partial charge in [-0.3, -0.25) is 4.79 Å². The van der Waals surface area contributed by atoms with Crippen LogP contribution in [0.2, 0.25) is 10.0 Å². The summed E-state index contributed by atoms with van der Waals surface area (Å²) in [5, 5.41) is 3.97. The first-order chi connectivity index (χ1) is 13.4. The van der Waals surface area contributed by atoms with Gasteiger partial charge in [-0.15, -0.1) is 0 Å². The molecule has 0 spiro atoms. The number of ether oxygens (including phenoxy) is 1. The molecule has 2 aromatic carbocycles. The van der Waals surface area contributed by atoms with Crippen LogP contribution in [0.3, 0.4) is 0 Å². The van der Waals surface area contributed by atoms with Gasteiger partial charge in [0, 0.05) is 0 Å². The largest absolute Gasteiger partial charge is 0.487 e. The van der Waals surface area contributed by atoms with Gasteiger partial charge in [-0.25, -0.2) is 4.99 Å². The van der Waals surface area contributed by atoms with Crippen molar-refractivity contribution < 1.29 is 9.53 Å². The van der Waals surface area contributed by atoms with E-state index in [2.05, 4.69) is 62.1 Å². The minimum atomic E-state index is -0.209. The molecule has 1 saturated heterocycles. The molecule has 0 unspecified atom stereocenters. The molecule has 3 rings (SSSR count). The van der Waals surface area contributed by atoms with Crippen LogP contribution in [0.1, 0.15) is 5.56 Å². The number of carbonyl (C=O) groups is 1. The predicted molar refractivity (Wildman–Crippen MR) is 135 cm³/mol. The SMILES string of the molecule is C=CCOc1c(I)cc(/C=C2\SC(=Nc3cccc(Cl)c3Cl)NC2=O)cc1I. The van der Waals surface area contributed by atoms with Crippen molar-refractivity contribution >= 4 is 103 Å². The van der Waals surface area contributed by atoms with Crippen molar-refractivity contribution in [3.05, 3.63) is 70.6 Å². The molecule has 0 aliphatic carbocycles. The van der Waals surface area contributed by atoms with Crippen molar-refractivity contribution in [3.8, 4) is 5.75 Å². The predicted octanol–water partition coefficient (Wildman–Crippen LogP) is 6.66. The molecule has 9 heteroatoms. The summed E-state index contributed by atoms with van der Waals surface area (Å²) in [7, 11) is 0. The fourth-order valence-corrected chi connectivity index (χ4v) is 5.56. The number of nitrogens with zero attached hydrogens (tertiary/aromatic N) is 1. The molecule has 28 heavy (non-hydrogen) atoms. The average Bonchev–Trinajstić information content (AvgIpc) is 2.97. The van der Waals surface area contributed by atoms with Crippen molar-refractivity contribution in [1.29, 1.82) is 0 Å². The maximum atomic E-state index is 12.3. The van der Waals surface area contributed by atoms with Gasteiger partial charge < -0.3 is 10.1 Å². The van der Waals surface area contributed by atoms with E-state index in [0.717, 1.165) is 18.5 Å². The molecule has 0 bridgehead atoms. The van der Waals surface area contributed by atoms with E-state index in [-0.39, 0.29) is 5.91 Å². The van der Waals surface area contributed by atoms with Crippen molar-refractivity contribution in [2.75, 3.05) is 6.61 Å². The summed E-state index contributed by atoms with van der Waals surface area (Å²) < 4.78 is 7.61. The Bertz CT molecular complexity index is 1000. The van der Waals surface area contributed by atoms with Gasteiger partial charge in [-0.2, -0.15) is 0 Å². The smallest absolute Gasteiger partial charge is 0.264 e. The Kier molecular flexibility index (Phi) is 7.71. The van der Waals surface area contributed by atoms with Crippen molar-refractivity contribution in [2.45, 2.75) is 0 Å². The summed E-state index contributed by atoms with van der Waals surface area (Å²) in [6, 6.07) is 9.11. The molecule has 4 nitrogen and oxygen atoms in total. The van der Waals surface area contributed by atoms with Crippen LogP contribution in [0.4, 0.5) is 5.69 Å². The number of thioether (sulfide) groups is 1. The lowest BCUT2D eigenvalue weighted by Crippen LogP contribution is -2.19. The average molecular weight is 657 g/mol. The van der Waals surface area contributed by atoms with E-state index in [9.17, 15) is 4.79 Å². The number of amides is 1. The number of aliphatic imine (C=N–C) groups is 1. The van der Waals surface area contributed by atoms with Gasteiger partial charge in [-0.1, -0.05) is 41.9 Å². The minimum absolute atomic E-state index is 0.209. The van der Waals surface area contributed by atoms with E-state index in [4.69, 9.17) is 27.9 Å². The Morgan fingerprint density at radius 2 is 1.96 bits per heavy atom. The standard InChI is InChI=1S/C19H12Cl2I2N2O2S/c1-2-6-27-17-12(22)7-10(8-13(17)23)9-15-18(26)25-19(28-15)24-14-5-3-4-11(20)16(14)21/h2-5,7-9H,1,6H2,(H,24,25,26)/b15-9-. The molecular weight excluding hydrogens is 645 g/mol. The van der Waals surface area contributed by atoms with Crippen LogP contribution in [0.5, 0.6) is 5.75 Å². The first-order valence-electron chi connectivity index (χ1n) is 7.85. The van der Waals surface area contributed by atoms with Gasteiger partial charge in [0.05, 0.1) is 27.8 Å². The third kappa shape index (κ3) is 5.24. The van der Waals surface area contributed by atoms with Gasteiger partial charge in [0.15, 0.2) is 5.17 Å². The molecule has 1 aliphatic rings. The lowest BCUT2D eigenvalue weighted by atomic mass is 10.2. The number of benzene rings is 2. The maximum Gasteiger partial charge on any atom is 0.264 e. The van der Waals surface area contributed by atoms with Crippen LogP contribution >= 0.6 is 80.1 Å². The second-order valence-electron chi connectivity index (χ2n) is 5.47. The molecular formula is C19H12Cl2I2N2O2S. The fraction of sp³-hybridized carbons (Fsp3) is 0.0526. The molecule has 0 atom stereocenters. The Balaban J connectivity index is 1.86. The molecule has 1 aliphatic heterocycles. The first kappa shape index (κ1) is 21.9. The quantitative estimate of drug-likeness (QED) is 0.223. The first-order valence-corrected chi connectivity index (χ1v) is 11.6. The van der Waals surface area contributed by atoms with Gasteiger partial charge in [0.1, 0.15) is 12.4 Å². The van der Waals surface area contributed by atoms with E-state index < -0.39 is 0 Å². The molecule has 2 aromatic rings. The zero-order valence-corrected chi connectivity index (χ0v) is 20.8. The normalized spacial score (nSPS) is 16.5. The Morgan fingerprint density at radius 1 is 1.25 bits per heavy atom. The van der Waals surface area contributed by atoms with E-state index in [1.165, 1.54) is 11.8 Å². The highest BCUT2D eigenvalue weighted by atomic mass is 127. The fourth-order valence-electron chi connectivity index (χ4n) is 2.26. The van der Waals surface area contributed by atoms with Gasteiger partial charge in [0.25, 0.3) is 5.91 Å². The highest BCUT2D eigenvalue weighted by molar-refractivity contribution is 14.1. The molecule has 0 aromatic heterocycles. The summed E-state index contributed by atoms with van der Waals surface area (Å²) >= 11 is 17.9. The number of carbonyl (C=O) groups excluding carboxylic acids is 1. The van der Waals surface area contributed by atoms with Gasteiger partial charge in [0.2, 0.25) is 0 Å². The van der Waals surface area contributed by atoms with Crippen LogP contribution in [-0.4, -0.2) is 17.7 Å². The Morgan fingerprint density at radius 3 is 2.64 bits per heavy atom. The molecule has 1 amide bonds. The lowest BCUT2D eigenvalue weighted by molar-refractivity contribution is -0.115. The van der Waals surface area contributed by atoms with Gasteiger partial charge in [-0.05, 0) is 92.8 Å². The monoisotopic (exact) mass is 656 g/mol. The molecule has 1 fully saturated rings. The number of amidine groups is 1. The molecule has 144 valence electrons. The van der Waals surface area contributed by atoms with Gasteiger partial charge >= 0.3 is 0 Å². The number of hydrogen-bond acceptors (Lipinski definition) is 4. The summed E-state index contributed by atoms with van der Waals surface area (Å²) in [6.07, 6.45) is 3.53. The van der Waals surface area contributed by atoms with Crippen LogP contribution in [0.25, 0.3) is 6.08 Å². The summed E-state index contributed by atoms with van der Waals surface area (Å²) in [5.74, 6) is 0.600. The van der Waals surface area contributed by atoms with E-state index >= 15 is 0 Å². The van der Waals surface area contributed by atoms with Crippen molar-refractivity contribution in [1.82, 2.24) is 5.32 Å². The molecule has 0 radical (unpaired) electrons. The summed E-state index contributed by atoms with van der Waals surface area (Å²) in [6.45, 7) is 4.10. The van der Waals surface area contributed by atoms with Crippen LogP contribution in [0, 0.1) is 7.14 Å². The second kappa shape index (κ2) is 9.84. The third-order valence-corrected chi connectivity index (χ3v) is 6.79. The van der Waals surface area contributed by atoms with Crippen LogP contribution < -0.4 is 10.1 Å². The molecule has 1 heterocycles. The van der Waals surface area contributed by atoms with Crippen molar-refractivity contribution in [2.24, 2.45) is 4.99 Å². The Labute approximate surface area is 204 Å². The van der Waals surface area contributed by atoms with E-state index in [1.54, 1.807) is 24.3 Å². The number of rotatable bonds is 5. The number of nitrogens with one attached hydrogen (secondary N) is 1. The third-order valence-electron chi connectivity index (χ3n) is 3.47. The molecule has 0 saturated carbocycles. The number of halogens is 4. The summed E-state index contributed by atoms with van der Waals surface area (Å²) in [4.78, 5) is 17.3. The van der Waals surface area contributed by atoms with E-state index in [0.29, 0.717) is 32.4 Å². The lowest BCUT2D eigenvalue weighted by Gasteiger charge is -2.09. The second-order valence-corrected chi connectivity index (χ2v) is 9.61.